The zero-order valence-corrected chi connectivity index (χ0v) is 13.0. The molecule has 0 aliphatic carbocycles. The number of furan rings is 1. The average Bonchev–Trinajstić information content (AvgIpc) is 2.99. The lowest BCUT2D eigenvalue weighted by atomic mass is 10.3. The predicted octanol–water partition coefficient (Wildman–Crippen LogP) is 3.36. The van der Waals surface area contributed by atoms with Gasteiger partial charge >= 0.3 is 0 Å². The first-order valence-electron chi connectivity index (χ1n) is 6.49. The van der Waals surface area contributed by atoms with Crippen molar-refractivity contribution in [2.24, 2.45) is 0 Å². The van der Waals surface area contributed by atoms with E-state index in [4.69, 9.17) is 20.8 Å². The van der Waals surface area contributed by atoms with E-state index < -0.39 is 0 Å². The van der Waals surface area contributed by atoms with Gasteiger partial charge in [-0.15, -0.1) is 0 Å². The first-order valence-corrected chi connectivity index (χ1v) is 8.02. The lowest BCUT2D eigenvalue weighted by Crippen LogP contribution is -2.30. The molecule has 1 aromatic heterocycles. The number of benzene rings is 1. The molecule has 2 rings (SSSR count). The van der Waals surface area contributed by atoms with Crippen LogP contribution in [0, 0.1) is 0 Å². The minimum Gasteiger partial charge on any atom is -0.484 e. The van der Waals surface area contributed by atoms with Crippen molar-refractivity contribution in [3.8, 4) is 5.75 Å². The van der Waals surface area contributed by atoms with Gasteiger partial charge in [-0.1, -0.05) is 11.6 Å². The van der Waals surface area contributed by atoms with Crippen LogP contribution >= 0.6 is 23.4 Å². The van der Waals surface area contributed by atoms with Crippen molar-refractivity contribution >= 4 is 29.3 Å². The first kappa shape index (κ1) is 15.8. The van der Waals surface area contributed by atoms with Crippen LogP contribution in [0.15, 0.2) is 47.1 Å². The fourth-order valence-corrected chi connectivity index (χ4v) is 2.44. The SMILES string of the molecule is O=C(COc1ccc(Cl)cc1)NCCSCc1ccco1. The maximum Gasteiger partial charge on any atom is 0.257 e. The van der Waals surface area contributed by atoms with E-state index in [1.54, 1.807) is 42.3 Å². The molecule has 0 unspecified atom stereocenters. The Bertz CT molecular complexity index is 543. The van der Waals surface area contributed by atoms with Crippen LogP contribution in [0.4, 0.5) is 0 Å². The van der Waals surface area contributed by atoms with E-state index in [2.05, 4.69) is 5.32 Å². The maximum absolute atomic E-state index is 11.6. The minimum atomic E-state index is -0.136. The van der Waals surface area contributed by atoms with Gasteiger partial charge in [0.05, 0.1) is 12.0 Å². The number of thioether (sulfide) groups is 1. The molecule has 1 N–H and O–H groups in total. The largest absolute Gasteiger partial charge is 0.484 e. The summed E-state index contributed by atoms with van der Waals surface area (Å²) in [7, 11) is 0. The highest BCUT2D eigenvalue weighted by atomic mass is 35.5. The number of halogens is 1. The zero-order chi connectivity index (χ0) is 14.9. The van der Waals surface area contributed by atoms with Crippen molar-refractivity contribution < 1.29 is 13.9 Å². The van der Waals surface area contributed by atoms with Gasteiger partial charge in [0, 0.05) is 17.3 Å². The Hall–Kier alpha value is -1.59. The third-order valence-electron chi connectivity index (χ3n) is 2.58. The van der Waals surface area contributed by atoms with E-state index in [1.807, 2.05) is 12.1 Å². The number of hydrogen-bond acceptors (Lipinski definition) is 4. The summed E-state index contributed by atoms with van der Waals surface area (Å²) in [6.45, 7) is 0.610. The smallest absolute Gasteiger partial charge is 0.257 e. The zero-order valence-electron chi connectivity index (χ0n) is 11.4. The van der Waals surface area contributed by atoms with E-state index in [0.29, 0.717) is 17.3 Å². The molecular formula is C15H16ClNO3S. The highest BCUT2D eigenvalue weighted by molar-refractivity contribution is 7.98. The van der Waals surface area contributed by atoms with Crippen LogP contribution in [-0.4, -0.2) is 24.8 Å². The molecule has 6 heteroatoms. The molecule has 0 spiro atoms. The fourth-order valence-electron chi connectivity index (χ4n) is 1.56. The number of ether oxygens (including phenoxy) is 1. The van der Waals surface area contributed by atoms with Gasteiger partial charge in [-0.25, -0.2) is 0 Å². The lowest BCUT2D eigenvalue weighted by Gasteiger charge is -2.07. The van der Waals surface area contributed by atoms with Crippen LogP contribution in [0.5, 0.6) is 5.75 Å². The molecule has 1 aromatic carbocycles. The van der Waals surface area contributed by atoms with Gasteiger partial charge in [0.15, 0.2) is 6.61 Å². The summed E-state index contributed by atoms with van der Waals surface area (Å²) in [5.41, 5.74) is 0. The van der Waals surface area contributed by atoms with E-state index in [0.717, 1.165) is 17.3 Å². The molecule has 0 saturated carbocycles. The number of rotatable bonds is 8. The summed E-state index contributed by atoms with van der Waals surface area (Å²) in [4.78, 5) is 11.6. The van der Waals surface area contributed by atoms with Crippen LogP contribution < -0.4 is 10.1 Å². The third kappa shape index (κ3) is 6.14. The normalized spacial score (nSPS) is 10.3. The minimum absolute atomic E-state index is 0.00445. The maximum atomic E-state index is 11.6. The van der Waals surface area contributed by atoms with Crippen molar-refractivity contribution in [3.05, 3.63) is 53.4 Å². The Morgan fingerprint density at radius 1 is 1.29 bits per heavy atom. The molecule has 4 nitrogen and oxygen atoms in total. The lowest BCUT2D eigenvalue weighted by molar-refractivity contribution is -0.122. The molecule has 1 amide bonds. The second-order valence-corrected chi connectivity index (χ2v) is 5.77. The van der Waals surface area contributed by atoms with Crippen molar-refractivity contribution in [1.29, 1.82) is 0 Å². The highest BCUT2D eigenvalue weighted by Crippen LogP contribution is 2.15. The van der Waals surface area contributed by atoms with Gasteiger partial charge in [0.25, 0.3) is 5.91 Å². The monoisotopic (exact) mass is 325 g/mol. The van der Waals surface area contributed by atoms with Crippen molar-refractivity contribution in [1.82, 2.24) is 5.32 Å². The average molecular weight is 326 g/mol. The number of nitrogens with one attached hydrogen (secondary N) is 1. The third-order valence-corrected chi connectivity index (χ3v) is 3.81. The van der Waals surface area contributed by atoms with Crippen molar-refractivity contribution in [2.45, 2.75) is 5.75 Å². The molecule has 1 heterocycles. The fraction of sp³-hybridized carbons (Fsp3) is 0.267. The van der Waals surface area contributed by atoms with Gasteiger partial charge in [-0.05, 0) is 36.4 Å². The molecule has 0 atom stereocenters. The molecule has 0 bridgehead atoms. The van der Waals surface area contributed by atoms with Crippen LogP contribution in [-0.2, 0) is 10.5 Å². The summed E-state index contributed by atoms with van der Waals surface area (Å²) in [6, 6.07) is 10.7. The number of carbonyl (C=O) groups excluding carboxylic acids is 1. The Morgan fingerprint density at radius 3 is 2.81 bits per heavy atom. The van der Waals surface area contributed by atoms with Crippen LogP contribution in [0.2, 0.25) is 5.02 Å². The van der Waals surface area contributed by atoms with Crippen LogP contribution in [0.25, 0.3) is 0 Å². The molecule has 112 valence electrons. The summed E-state index contributed by atoms with van der Waals surface area (Å²) in [5.74, 6) is 3.07. The second kappa shape index (κ2) is 8.64. The molecule has 0 radical (unpaired) electrons. The predicted molar refractivity (Wildman–Crippen MR) is 84.8 cm³/mol. The Balaban J connectivity index is 1.54. The molecule has 0 saturated heterocycles. The highest BCUT2D eigenvalue weighted by Gasteiger charge is 2.02. The molecule has 21 heavy (non-hydrogen) atoms. The van der Waals surface area contributed by atoms with E-state index in [-0.39, 0.29) is 12.5 Å². The van der Waals surface area contributed by atoms with Gasteiger partial charge in [-0.2, -0.15) is 11.8 Å². The van der Waals surface area contributed by atoms with Crippen molar-refractivity contribution in [3.63, 3.8) is 0 Å². The van der Waals surface area contributed by atoms with Crippen LogP contribution in [0.1, 0.15) is 5.76 Å². The molecule has 0 aliphatic heterocycles. The number of amides is 1. The van der Waals surface area contributed by atoms with Gasteiger partial charge in [-0.3, -0.25) is 4.79 Å². The standard InChI is InChI=1S/C15H16ClNO3S/c16-12-3-5-13(6-4-12)20-10-15(18)17-7-9-21-11-14-2-1-8-19-14/h1-6,8H,7,9-11H2,(H,17,18). The second-order valence-electron chi connectivity index (χ2n) is 4.22. The van der Waals surface area contributed by atoms with E-state index >= 15 is 0 Å². The molecule has 0 aliphatic rings. The Labute approximate surface area is 132 Å². The topological polar surface area (TPSA) is 51.5 Å². The quantitative estimate of drug-likeness (QED) is 0.756. The van der Waals surface area contributed by atoms with Gasteiger partial charge in [0.1, 0.15) is 11.5 Å². The number of hydrogen-bond donors (Lipinski definition) is 1. The Morgan fingerprint density at radius 2 is 2.10 bits per heavy atom. The Kier molecular flexibility index (Phi) is 6.50. The summed E-state index contributed by atoms with van der Waals surface area (Å²) in [6.07, 6.45) is 1.66. The molecule has 2 aromatic rings. The van der Waals surface area contributed by atoms with Gasteiger partial charge in [0.2, 0.25) is 0 Å². The van der Waals surface area contributed by atoms with E-state index in [1.165, 1.54) is 0 Å². The van der Waals surface area contributed by atoms with E-state index in [9.17, 15) is 4.79 Å². The van der Waals surface area contributed by atoms with Crippen molar-refractivity contribution in [2.75, 3.05) is 18.9 Å². The van der Waals surface area contributed by atoms with Crippen LogP contribution in [0.3, 0.4) is 0 Å². The first-order chi connectivity index (χ1) is 10.2. The number of carbonyl (C=O) groups is 1. The summed E-state index contributed by atoms with van der Waals surface area (Å²) < 4.78 is 10.6. The molecule has 0 fully saturated rings. The summed E-state index contributed by atoms with van der Waals surface area (Å²) in [5, 5.41) is 3.44. The van der Waals surface area contributed by atoms with Gasteiger partial charge < -0.3 is 14.5 Å². The molecular weight excluding hydrogens is 310 g/mol. The summed E-state index contributed by atoms with van der Waals surface area (Å²) >= 11 is 7.47.